The van der Waals surface area contributed by atoms with Gasteiger partial charge in [0.15, 0.2) is 6.10 Å². The smallest absolute Gasteiger partial charge is 0.263 e. The van der Waals surface area contributed by atoms with Crippen LogP contribution in [0.15, 0.2) is 24.5 Å². The molecule has 7 heteroatoms. The van der Waals surface area contributed by atoms with E-state index in [0.29, 0.717) is 12.3 Å². The lowest BCUT2D eigenvalue weighted by molar-refractivity contribution is -0.138. The first kappa shape index (κ1) is 20.3. The van der Waals surface area contributed by atoms with Crippen LogP contribution in [0.3, 0.4) is 0 Å². The molecule has 0 aromatic carbocycles. The van der Waals surface area contributed by atoms with Crippen LogP contribution in [0.2, 0.25) is 0 Å². The number of nitrogens with zero attached hydrogens (tertiary/aromatic N) is 2. The summed E-state index contributed by atoms with van der Waals surface area (Å²) < 4.78 is 5.50. The highest BCUT2D eigenvalue weighted by Gasteiger charge is 2.22. The molecule has 19 heavy (non-hydrogen) atoms. The molecule has 0 aliphatic rings. The predicted octanol–water partition coefficient (Wildman–Crippen LogP) is 1.50. The zero-order valence-electron chi connectivity index (χ0n) is 11.3. The molecule has 0 saturated carbocycles. The molecule has 5 nitrogen and oxygen atoms in total. The number of ether oxygens (including phenoxy) is 1. The number of hydrogen-bond donors (Lipinski definition) is 1. The van der Waals surface area contributed by atoms with Crippen molar-refractivity contribution in [2.24, 2.45) is 5.73 Å². The Balaban J connectivity index is 0. The van der Waals surface area contributed by atoms with Gasteiger partial charge in [0.2, 0.25) is 0 Å². The third-order valence-electron chi connectivity index (χ3n) is 2.64. The number of rotatable bonds is 5. The van der Waals surface area contributed by atoms with Gasteiger partial charge in [-0.2, -0.15) is 0 Å². The lowest BCUT2D eigenvalue weighted by Gasteiger charge is -2.26. The highest BCUT2D eigenvalue weighted by Crippen LogP contribution is 2.10. The molecule has 0 saturated heterocycles. The van der Waals surface area contributed by atoms with E-state index in [4.69, 9.17) is 10.5 Å². The lowest BCUT2D eigenvalue weighted by Crippen LogP contribution is -2.45. The van der Waals surface area contributed by atoms with Crippen LogP contribution in [0.4, 0.5) is 0 Å². The quantitative estimate of drug-likeness (QED) is 0.895. The number of pyridine rings is 1. The van der Waals surface area contributed by atoms with Crippen molar-refractivity contribution >= 4 is 30.7 Å². The Morgan fingerprint density at radius 3 is 2.58 bits per heavy atom. The Hall–Kier alpha value is -1.04. The van der Waals surface area contributed by atoms with Crippen molar-refractivity contribution in [3.05, 3.63) is 24.5 Å². The molecule has 2 unspecified atom stereocenters. The largest absolute Gasteiger partial charge is 0.479 e. The van der Waals surface area contributed by atoms with E-state index in [1.165, 1.54) is 0 Å². The van der Waals surface area contributed by atoms with Crippen LogP contribution >= 0.6 is 24.8 Å². The fourth-order valence-corrected chi connectivity index (χ4v) is 1.33. The van der Waals surface area contributed by atoms with Gasteiger partial charge in [0, 0.05) is 25.8 Å². The van der Waals surface area contributed by atoms with E-state index in [2.05, 4.69) is 4.98 Å². The maximum Gasteiger partial charge on any atom is 0.263 e. The molecule has 110 valence electrons. The zero-order chi connectivity index (χ0) is 12.8. The molecule has 0 fully saturated rings. The van der Waals surface area contributed by atoms with Gasteiger partial charge in [0.25, 0.3) is 5.91 Å². The van der Waals surface area contributed by atoms with Crippen LogP contribution < -0.4 is 10.5 Å². The molecule has 2 atom stereocenters. The summed E-state index contributed by atoms with van der Waals surface area (Å²) in [4.78, 5) is 17.5. The third-order valence-corrected chi connectivity index (χ3v) is 2.64. The van der Waals surface area contributed by atoms with Gasteiger partial charge in [-0.25, -0.2) is 0 Å². The van der Waals surface area contributed by atoms with Crippen LogP contribution in [0, 0.1) is 0 Å². The molecule has 0 spiro atoms. The summed E-state index contributed by atoms with van der Waals surface area (Å²) >= 11 is 0. The van der Waals surface area contributed by atoms with Crippen LogP contribution in [0.5, 0.6) is 5.75 Å². The van der Waals surface area contributed by atoms with Gasteiger partial charge in [-0.15, -0.1) is 24.8 Å². The summed E-state index contributed by atoms with van der Waals surface area (Å²) in [6, 6.07) is 3.53. The predicted molar refractivity (Wildman–Crippen MR) is 80.1 cm³/mol. The number of amides is 1. The minimum atomic E-state index is -0.543. The van der Waals surface area contributed by atoms with Crippen molar-refractivity contribution < 1.29 is 9.53 Å². The minimum Gasteiger partial charge on any atom is -0.479 e. The van der Waals surface area contributed by atoms with E-state index in [-0.39, 0.29) is 36.8 Å². The van der Waals surface area contributed by atoms with Crippen LogP contribution in [-0.4, -0.2) is 41.5 Å². The highest BCUT2D eigenvalue weighted by atomic mass is 35.5. The Bertz CT molecular complexity index is 365. The molecule has 1 amide bonds. The summed E-state index contributed by atoms with van der Waals surface area (Å²) in [7, 11) is 1.73. The number of hydrogen-bond acceptors (Lipinski definition) is 4. The maximum absolute atomic E-state index is 12.0. The zero-order valence-corrected chi connectivity index (χ0v) is 12.9. The average molecular weight is 310 g/mol. The Kier molecular flexibility index (Phi) is 10.5. The maximum atomic E-state index is 12.0. The lowest BCUT2D eigenvalue weighted by atomic mass is 10.2. The molecular weight excluding hydrogens is 289 g/mol. The number of aromatic nitrogens is 1. The SMILES string of the molecule is CC(Oc1cccnc1)C(=O)N(C)C(C)CN.Cl.Cl. The molecule has 0 aliphatic carbocycles. The number of likely N-dealkylation sites (N-methyl/N-ethyl adjacent to an activating group) is 1. The fraction of sp³-hybridized carbons (Fsp3) is 0.500. The molecule has 1 aromatic heterocycles. The van der Waals surface area contributed by atoms with Gasteiger partial charge in [-0.1, -0.05) is 0 Å². The normalized spacial score (nSPS) is 12.4. The number of nitrogens with two attached hydrogens (primary N) is 1. The van der Waals surface area contributed by atoms with Crippen molar-refractivity contribution in [3.8, 4) is 5.75 Å². The van der Waals surface area contributed by atoms with Gasteiger partial charge >= 0.3 is 0 Å². The molecule has 0 radical (unpaired) electrons. The first-order valence-corrected chi connectivity index (χ1v) is 5.59. The molecule has 1 aromatic rings. The van der Waals surface area contributed by atoms with Gasteiger partial charge < -0.3 is 15.4 Å². The Labute approximate surface area is 126 Å². The summed E-state index contributed by atoms with van der Waals surface area (Å²) in [6.07, 6.45) is 2.69. The highest BCUT2D eigenvalue weighted by molar-refractivity contribution is 5.85. The van der Waals surface area contributed by atoms with Crippen LogP contribution in [-0.2, 0) is 4.79 Å². The van der Waals surface area contributed by atoms with Crippen molar-refractivity contribution in [1.82, 2.24) is 9.88 Å². The molecule has 0 bridgehead atoms. The van der Waals surface area contributed by atoms with E-state index in [0.717, 1.165) is 0 Å². The Morgan fingerprint density at radius 1 is 1.47 bits per heavy atom. The second-order valence-corrected chi connectivity index (χ2v) is 3.98. The van der Waals surface area contributed by atoms with Crippen molar-refractivity contribution in [1.29, 1.82) is 0 Å². The van der Waals surface area contributed by atoms with Gasteiger partial charge in [0.1, 0.15) is 5.75 Å². The van der Waals surface area contributed by atoms with Gasteiger partial charge in [-0.05, 0) is 26.0 Å². The molecule has 1 heterocycles. The second kappa shape index (κ2) is 9.83. The fourth-order valence-electron chi connectivity index (χ4n) is 1.33. The van der Waals surface area contributed by atoms with E-state index < -0.39 is 6.10 Å². The van der Waals surface area contributed by atoms with E-state index in [1.807, 2.05) is 6.92 Å². The molecular formula is C12H21Cl2N3O2. The van der Waals surface area contributed by atoms with Crippen LogP contribution in [0.25, 0.3) is 0 Å². The summed E-state index contributed by atoms with van der Waals surface area (Å²) in [5.74, 6) is 0.494. The van der Waals surface area contributed by atoms with Crippen molar-refractivity contribution in [3.63, 3.8) is 0 Å². The van der Waals surface area contributed by atoms with Gasteiger partial charge in [0.05, 0.1) is 6.20 Å². The first-order valence-electron chi connectivity index (χ1n) is 5.59. The first-order chi connectivity index (χ1) is 8.06. The third kappa shape index (κ3) is 6.09. The van der Waals surface area contributed by atoms with Crippen molar-refractivity contribution in [2.45, 2.75) is 26.0 Å². The van der Waals surface area contributed by atoms with E-state index in [1.54, 1.807) is 43.4 Å². The molecule has 2 N–H and O–H groups in total. The summed E-state index contributed by atoms with van der Waals surface area (Å²) in [5.41, 5.74) is 5.52. The summed E-state index contributed by atoms with van der Waals surface area (Å²) in [5, 5.41) is 0. The van der Waals surface area contributed by atoms with Crippen molar-refractivity contribution in [2.75, 3.05) is 13.6 Å². The monoisotopic (exact) mass is 309 g/mol. The molecule has 1 rings (SSSR count). The summed E-state index contributed by atoms with van der Waals surface area (Å²) in [6.45, 7) is 4.05. The van der Waals surface area contributed by atoms with E-state index >= 15 is 0 Å². The van der Waals surface area contributed by atoms with Crippen LogP contribution in [0.1, 0.15) is 13.8 Å². The standard InChI is InChI=1S/C12H19N3O2.2ClH/c1-9(7-13)15(3)12(16)10(2)17-11-5-4-6-14-8-11;;/h4-6,8-10H,7,13H2,1-3H3;2*1H. The number of carbonyl (C=O) groups is 1. The second-order valence-electron chi connectivity index (χ2n) is 3.98. The topological polar surface area (TPSA) is 68.5 Å². The van der Waals surface area contributed by atoms with Gasteiger partial charge in [-0.3, -0.25) is 9.78 Å². The number of halogens is 2. The number of carbonyl (C=O) groups excluding carboxylic acids is 1. The van der Waals surface area contributed by atoms with E-state index in [9.17, 15) is 4.79 Å². The average Bonchev–Trinajstić information content (AvgIpc) is 2.37. The minimum absolute atomic E-state index is 0. The Morgan fingerprint density at radius 2 is 2.11 bits per heavy atom. The molecule has 0 aliphatic heterocycles.